The van der Waals surface area contributed by atoms with Gasteiger partial charge in [-0.25, -0.2) is 4.98 Å². The number of hydrogen-bond acceptors (Lipinski definition) is 5. The van der Waals surface area contributed by atoms with Crippen LogP contribution in [-0.2, 0) is 9.53 Å². The van der Waals surface area contributed by atoms with Crippen LogP contribution >= 0.6 is 0 Å². The zero-order valence-electron chi connectivity index (χ0n) is 13.2. The molecule has 6 nitrogen and oxygen atoms in total. The molecule has 6 heteroatoms. The fourth-order valence-electron chi connectivity index (χ4n) is 5.59. The van der Waals surface area contributed by atoms with Crippen molar-refractivity contribution >= 4 is 11.9 Å². The van der Waals surface area contributed by atoms with Crippen molar-refractivity contribution in [1.29, 1.82) is 0 Å². The third kappa shape index (κ3) is 2.31. The molecule has 4 aliphatic carbocycles. The number of carbonyl (C=O) groups excluding carboxylic acids is 2. The number of nitrogens with zero attached hydrogens (tertiary/aromatic N) is 2. The molecule has 1 N–H and O–H groups in total. The summed E-state index contributed by atoms with van der Waals surface area (Å²) in [6.07, 6.45) is 10.1. The average molecular weight is 315 g/mol. The molecule has 23 heavy (non-hydrogen) atoms. The first-order valence-electron chi connectivity index (χ1n) is 8.21. The molecule has 0 aliphatic heterocycles. The molecule has 2 atom stereocenters. The molecule has 4 bridgehead atoms. The molecule has 122 valence electrons. The van der Waals surface area contributed by atoms with Gasteiger partial charge in [0.05, 0.1) is 18.7 Å². The molecule has 5 rings (SSSR count). The molecule has 0 spiro atoms. The van der Waals surface area contributed by atoms with Crippen molar-refractivity contribution in [2.24, 2.45) is 17.3 Å². The molecule has 2 unspecified atom stereocenters. The summed E-state index contributed by atoms with van der Waals surface area (Å²) in [4.78, 5) is 33.0. The van der Waals surface area contributed by atoms with Gasteiger partial charge in [0.2, 0.25) is 0 Å². The van der Waals surface area contributed by atoms with Gasteiger partial charge in [-0.3, -0.25) is 14.6 Å². The molecule has 1 heterocycles. The van der Waals surface area contributed by atoms with Gasteiger partial charge in [0.1, 0.15) is 5.69 Å². The monoisotopic (exact) mass is 315 g/mol. The van der Waals surface area contributed by atoms with E-state index < -0.39 is 5.41 Å². The van der Waals surface area contributed by atoms with Gasteiger partial charge in [-0.15, -0.1) is 0 Å². The third-order valence-electron chi connectivity index (χ3n) is 5.85. The van der Waals surface area contributed by atoms with Gasteiger partial charge >= 0.3 is 5.97 Å². The maximum atomic E-state index is 12.5. The molecule has 0 aromatic carbocycles. The van der Waals surface area contributed by atoms with Crippen molar-refractivity contribution in [2.75, 3.05) is 7.11 Å². The van der Waals surface area contributed by atoms with E-state index >= 15 is 0 Å². The first-order valence-corrected chi connectivity index (χ1v) is 8.21. The third-order valence-corrected chi connectivity index (χ3v) is 5.85. The Hall–Kier alpha value is -1.98. The molecule has 1 aromatic rings. The van der Waals surface area contributed by atoms with Crippen LogP contribution in [0.4, 0.5) is 0 Å². The Kier molecular flexibility index (Phi) is 3.18. The highest BCUT2D eigenvalue weighted by Crippen LogP contribution is 2.62. The lowest BCUT2D eigenvalue weighted by molar-refractivity contribution is -0.171. The van der Waals surface area contributed by atoms with Crippen molar-refractivity contribution in [2.45, 2.75) is 44.1 Å². The molecular formula is C17H21N3O3. The van der Waals surface area contributed by atoms with E-state index in [1.807, 2.05) is 0 Å². The summed E-state index contributed by atoms with van der Waals surface area (Å²) >= 11 is 0. The van der Waals surface area contributed by atoms with Gasteiger partial charge in [-0.1, -0.05) is 0 Å². The van der Waals surface area contributed by atoms with Crippen molar-refractivity contribution in [3.63, 3.8) is 0 Å². The lowest BCUT2D eigenvalue weighted by atomic mass is 9.47. The Morgan fingerprint density at radius 3 is 2.57 bits per heavy atom. The molecule has 1 amide bonds. The van der Waals surface area contributed by atoms with Crippen molar-refractivity contribution in [3.8, 4) is 0 Å². The van der Waals surface area contributed by atoms with Crippen LogP contribution in [-0.4, -0.2) is 34.5 Å². The SMILES string of the molecule is COC(=O)C12CC3CC(CC(NC(=O)c4cnccn4)(C3)C1)C2. The topological polar surface area (TPSA) is 81.2 Å². The van der Waals surface area contributed by atoms with Gasteiger partial charge in [0.25, 0.3) is 5.91 Å². The van der Waals surface area contributed by atoms with Crippen LogP contribution in [0.25, 0.3) is 0 Å². The first-order chi connectivity index (χ1) is 11.0. The summed E-state index contributed by atoms with van der Waals surface area (Å²) in [5.74, 6) is 0.694. The van der Waals surface area contributed by atoms with Gasteiger partial charge < -0.3 is 10.1 Å². The molecule has 4 fully saturated rings. The summed E-state index contributed by atoms with van der Waals surface area (Å²) in [5.41, 5.74) is -0.378. The molecular weight excluding hydrogens is 294 g/mol. The van der Waals surface area contributed by atoms with Crippen molar-refractivity contribution in [3.05, 3.63) is 24.3 Å². The minimum atomic E-state index is -0.408. The summed E-state index contributed by atoms with van der Waals surface area (Å²) in [6, 6.07) is 0. The summed E-state index contributed by atoms with van der Waals surface area (Å²) in [6.45, 7) is 0. The van der Waals surface area contributed by atoms with Crippen LogP contribution in [0.5, 0.6) is 0 Å². The zero-order valence-corrected chi connectivity index (χ0v) is 13.2. The lowest BCUT2D eigenvalue weighted by Gasteiger charge is -2.60. The maximum Gasteiger partial charge on any atom is 0.311 e. The summed E-state index contributed by atoms with van der Waals surface area (Å²) in [5, 5.41) is 3.20. The van der Waals surface area contributed by atoms with Gasteiger partial charge in [0.15, 0.2) is 0 Å². The summed E-state index contributed by atoms with van der Waals surface area (Å²) < 4.78 is 5.10. The molecule has 4 saturated carbocycles. The van der Waals surface area contributed by atoms with E-state index in [-0.39, 0.29) is 17.4 Å². The van der Waals surface area contributed by atoms with Crippen LogP contribution in [0, 0.1) is 17.3 Å². The smallest absolute Gasteiger partial charge is 0.311 e. The Bertz CT molecular complexity index is 632. The second-order valence-electron chi connectivity index (χ2n) is 7.56. The minimum Gasteiger partial charge on any atom is -0.469 e. The van der Waals surface area contributed by atoms with Gasteiger partial charge in [-0.2, -0.15) is 0 Å². The quantitative estimate of drug-likeness (QED) is 0.859. The van der Waals surface area contributed by atoms with Crippen LogP contribution in [0.2, 0.25) is 0 Å². The van der Waals surface area contributed by atoms with E-state index in [2.05, 4.69) is 15.3 Å². The zero-order chi connectivity index (χ0) is 16.1. The molecule has 1 aromatic heterocycles. The average Bonchev–Trinajstić information content (AvgIpc) is 2.53. The van der Waals surface area contributed by atoms with E-state index in [0.717, 1.165) is 25.7 Å². The number of ether oxygens (including phenoxy) is 1. The van der Waals surface area contributed by atoms with Crippen LogP contribution < -0.4 is 5.32 Å². The second kappa shape index (κ2) is 5.01. The fraction of sp³-hybridized carbons (Fsp3) is 0.647. The maximum absolute atomic E-state index is 12.5. The van der Waals surface area contributed by atoms with Gasteiger partial charge in [-0.05, 0) is 50.4 Å². The van der Waals surface area contributed by atoms with Crippen LogP contribution in [0.1, 0.15) is 49.0 Å². The van der Waals surface area contributed by atoms with E-state index in [9.17, 15) is 9.59 Å². The molecule has 0 radical (unpaired) electrons. The Labute approximate surface area is 135 Å². The number of amides is 1. The Morgan fingerprint density at radius 2 is 1.96 bits per heavy atom. The van der Waals surface area contributed by atoms with Crippen molar-refractivity contribution in [1.82, 2.24) is 15.3 Å². The Morgan fingerprint density at radius 1 is 1.22 bits per heavy atom. The highest BCUT2D eigenvalue weighted by Gasteiger charge is 2.61. The largest absolute Gasteiger partial charge is 0.469 e. The highest BCUT2D eigenvalue weighted by atomic mass is 16.5. The van der Waals surface area contributed by atoms with E-state index in [0.29, 0.717) is 24.0 Å². The number of esters is 1. The van der Waals surface area contributed by atoms with Crippen LogP contribution in [0.3, 0.4) is 0 Å². The molecule has 4 aliphatic rings. The standard InChI is InChI=1S/C17H21N3O3/c1-23-15(22)16-5-11-4-12(6-16)8-17(7-11,10-16)20-14(21)13-9-18-2-3-19-13/h2-3,9,11-12H,4-8,10H2,1H3,(H,20,21). The van der Waals surface area contributed by atoms with Crippen molar-refractivity contribution < 1.29 is 14.3 Å². The lowest BCUT2D eigenvalue weighted by Crippen LogP contribution is -2.65. The normalized spacial score (nSPS) is 37.4. The number of nitrogens with one attached hydrogen (secondary N) is 1. The first kappa shape index (κ1) is 14.6. The number of aromatic nitrogens is 2. The number of methoxy groups -OCH3 is 1. The molecule has 0 saturated heterocycles. The van der Waals surface area contributed by atoms with Gasteiger partial charge in [0, 0.05) is 17.9 Å². The van der Waals surface area contributed by atoms with E-state index in [4.69, 9.17) is 4.74 Å². The highest BCUT2D eigenvalue weighted by molar-refractivity contribution is 5.92. The van der Waals surface area contributed by atoms with E-state index in [1.165, 1.54) is 25.9 Å². The predicted molar refractivity (Wildman–Crippen MR) is 81.4 cm³/mol. The number of carbonyl (C=O) groups is 2. The minimum absolute atomic E-state index is 0.107. The van der Waals surface area contributed by atoms with E-state index in [1.54, 1.807) is 6.20 Å². The number of hydrogen-bond donors (Lipinski definition) is 1. The second-order valence-corrected chi connectivity index (χ2v) is 7.56. The number of rotatable bonds is 3. The fourth-order valence-corrected chi connectivity index (χ4v) is 5.59. The Balaban J connectivity index is 1.61. The van der Waals surface area contributed by atoms with Crippen LogP contribution in [0.15, 0.2) is 18.6 Å². The summed E-state index contributed by atoms with van der Waals surface area (Å²) in [7, 11) is 1.46. The predicted octanol–water partition coefficient (Wildman–Crippen LogP) is 1.72.